The van der Waals surface area contributed by atoms with Gasteiger partial charge in [-0.05, 0) is 51.0 Å². The van der Waals surface area contributed by atoms with Crippen molar-refractivity contribution in [3.8, 4) is 0 Å². The lowest BCUT2D eigenvalue weighted by Gasteiger charge is -2.28. The Balaban J connectivity index is 5.97. The molecule has 0 aromatic heterocycles. The van der Waals surface area contributed by atoms with Crippen LogP contribution in [0.25, 0.3) is 0 Å². The third-order valence-corrected chi connectivity index (χ3v) is 7.30. The highest BCUT2D eigenvalue weighted by Gasteiger charge is 2.34. The first kappa shape index (κ1) is 45.2. The summed E-state index contributed by atoms with van der Waals surface area (Å²) in [7, 11) is 0. The van der Waals surface area contributed by atoms with E-state index in [1.54, 1.807) is 27.7 Å². The summed E-state index contributed by atoms with van der Waals surface area (Å²) in [5.41, 5.74) is 10.7. The van der Waals surface area contributed by atoms with E-state index in [2.05, 4.69) is 31.9 Å². The number of hydrogen-bond acceptors (Lipinski definition) is 11. The molecule has 284 valence electrons. The van der Waals surface area contributed by atoms with Crippen LogP contribution >= 0.6 is 0 Å². The molecule has 0 saturated carbocycles. The number of unbranched alkanes of at least 4 members (excludes halogenated alkanes) is 1. The van der Waals surface area contributed by atoms with E-state index in [-0.39, 0.29) is 6.42 Å². The Morgan fingerprint density at radius 2 is 1.04 bits per heavy atom. The van der Waals surface area contributed by atoms with Crippen molar-refractivity contribution < 1.29 is 58.5 Å². The average Bonchev–Trinajstić information content (AvgIpc) is 3.02. The minimum absolute atomic E-state index is 0.104. The molecule has 0 saturated heterocycles. The number of carboxylic acid groups (broad SMARTS) is 3. The van der Waals surface area contributed by atoms with Gasteiger partial charge < -0.3 is 58.7 Å². The molecule has 13 N–H and O–H groups in total. The summed E-state index contributed by atoms with van der Waals surface area (Å²) in [4.78, 5) is 112. The lowest BCUT2D eigenvalue weighted by atomic mass is 10.0. The van der Waals surface area contributed by atoms with E-state index in [9.17, 15) is 58.5 Å². The van der Waals surface area contributed by atoms with Gasteiger partial charge in [0.1, 0.15) is 36.3 Å². The Hall–Kier alpha value is -4.85. The number of carboxylic acids is 3. The number of carbonyl (C=O) groups is 9. The number of rotatable bonds is 24. The summed E-state index contributed by atoms with van der Waals surface area (Å²) in [5.74, 6) is -10.8. The highest BCUT2D eigenvalue weighted by molar-refractivity contribution is 5.98. The second-order valence-electron chi connectivity index (χ2n) is 12.3. The standard InChI is InChI=1S/C30H52N8O12/c1-14(2)23(37-20(39)13-32)29(48)36-19(12-22(42)43)27(46)34-17(9-10-21(40)41)26(45)38-24(15(3)4)28(47)33-16(5)25(44)35-18(30(49)50)8-6-7-11-31/h14-19,23-24H,6-13,31-32H2,1-5H3,(H,33,47)(H,34,46)(H,35,44)(H,36,48)(H,37,39)(H,38,45)(H,40,41)(H,42,43)(H,49,50)/t16-,17-,18-,19-,23-,24-/m0/s1. The number of hydrogen-bond donors (Lipinski definition) is 11. The molecule has 0 aliphatic heterocycles. The van der Waals surface area contributed by atoms with Crippen molar-refractivity contribution in [2.75, 3.05) is 13.1 Å². The largest absolute Gasteiger partial charge is 0.481 e. The summed E-state index contributed by atoms with van der Waals surface area (Å²) in [6, 6.07) is -8.43. The van der Waals surface area contributed by atoms with Crippen molar-refractivity contribution in [2.24, 2.45) is 23.3 Å². The zero-order chi connectivity index (χ0) is 38.7. The van der Waals surface area contributed by atoms with Crippen molar-refractivity contribution in [1.82, 2.24) is 31.9 Å². The van der Waals surface area contributed by atoms with Gasteiger partial charge in [0.15, 0.2) is 0 Å². The molecule has 20 nitrogen and oxygen atoms in total. The summed E-state index contributed by atoms with van der Waals surface area (Å²) in [6.07, 6.45) is -1.02. The van der Waals surface area contributed by atoms with Gasteiger partial charge in [0.25, 0.3) is 0 Å². The second kappa shape index (κ2) is 22.7. The molecule has 0 unspecified atom stereocenters. The quantitative estimate of drug-likeness (QED) is 0.0437. The normalized spacial score (nSPS) is 14.6. The van der Waals surface area contributed by atoms with Gasteiger partial charge in [-0.25, -0.2) is 4.79 Å². The molecule has 0 rings (SSSR count). The monoisotopic (exact) mass is 716 g/mol. The van der Waals surface area contributed by atoms with Gasteiger partial charge in [-0.15, -0.1) is 0 Å². The van der Waals surface area contributed by atoms with Crippen LogP contribution in [0.1, 0.15) is 73.1 Å². The highest BCUT2D eigenvalue weighted by atomic mass is 16.4. The zero-order valence-electron chi connectivity index (χ0n) is 28.9. The lowest BCUT2D eigenvalue weighted by molar-refractivity contribution is -0.143. The molecular formula is C30H52N8O12. The van der Waals surface area contributed by atoms with Gasteiger partial charge in [0, 0.05) is 6.42 Å². The maximum Gasteiger partial charge on any atom is 0.326 e. The summed E-state index contributed by atoms with van der Waals surface area (Å²) >= 11 is 0. The third-order valence-electron chi connectivity index (χ3n) is 7.30. The molecule has 0 aliphatic carbocycles. The fourth-order valence-corrected chi connectivity index (χ4v) is 4.43. The van der Waals surface area contributed by atoms with Gasteiger partial charge in [-0.2, -0.15) is 0 Å². The fraction of sp³-hybridized carbons (Fsp3) is 0.700. The van der Waals surface area contributed by atoms with Crippen LogP contribution in [0.3, 0.4) is 0 Å². The number of amides is 6. The van der Waals surface area contributed by atoms with Crippen LogP contribution in [0.15, 0.2) is 0 Å². The molecule has 0 radical (unpaired) electrons. The number of aliphatic carboxylic acids is 3. The van der Waals surface area contributed by atoms with Crippen LogP contribution < -0.4 is 43.4 Å². The third kappa shape index (κ3) is 17.0. The van der Waals surface area contributed by atoms with E-state index >= 15 is 0 Å². The summed E-state index contributed by atoms with van der Waals surface area (Å²) in [6.45, 7) is 7.43. The molecule has 0 aromatic carbocycles. The highest BCUT2D eigenvalue weighted by Crippen LogP contribution is 2.09. The van der Waals surface area contributed by atoms with E-state index < -0.39 is 127 Å². The molecule has 50 heavy (non-hydrogen) atoms. The van der Waals surface area contributed by atoms with Crippen LogP contribution in [0.4, 0.5) is 0 Å². The Kier molecular flexibility index (Phi) is 20.5. The van der Waals surface area contributed by atoms with Crippen molar-refractivity contribution in [1.29, 1.82) is 0 Å². The van der Waals surface area contributed by atoms with Gasteiger partial charge in [0.2, 0.25) is 35.4 Å². The lowest BCUT2D eigenvalue weighted by Crippen LogP contribution is -2.60. The van der Waals surface area contributed by atoms with Crippen molar-refractivity contribution in [2.45, 2.75) is 109 Å². The van der Waals surface area contributed by atoms with Crippen LogP contribution in [0.2, 0.25) is 0 Å². The molecule has 20 heteroatoms. The number of nitrogens with one attached hydrogen (secondary N) is 6. The molecule has 0 aliphatic rings. The topological polar surface area (TPSA) is 339 Å². The first-order chi connectivity index (χ1) is 23.2. The first-order valence-corrected chi connectivity index (χ1v) is 16.1. The van der Waals surface area contributed by atoms with Gasteiger partial charge in [0.05, 0.1) is 13.0 Å². The fourth-order valence-electron chi connectivity index (χ4n) is 4.43. The smallest absolute Gasteiger partial charge is 0.326 e. The molecule has 0 heterocycles. The number of nitrogens with two attached hydrogens (primary N) is 2. The summed E-state index contributed by atoms with van der Waals surface area (Å²) < 4.78 is 0. The maximum absolute atomic E-state index is 13.4. The predicted molar refractivity (Wildman–Crippen MR) is 176 cm³/mol. The molecule has 6 atom stereocenters. The Labute approximate surface area is 289 Å². The molecule has 0 spiro atoms. The van der Waals surface area contributed by atoms with Crippen molar-refractivity contribution >= 4 is 53.4 Å². The van der Waals surface area contributed by atoms with Crippen LogP contribution in [0, 0.1) is 11.8 Å². The van der Waals surface area contributed by atoms with E-state index in [1.807, 2.05) is 0 Å². The second-order valence-corrected chi connectivity index (χ2v) is 12.3. The van der Waals surface area contributed by atoms with Gasteiger partial charge in [-0.1, -0.05) is 27.7 Å². The minimum atomic E-state index is -1.77. The maximum atomic E-state index is 13.4. The van der Waals surface area contributed by atoms with Crippen LogP contribution in [-0.2, 0) is 43.2 Å². The average molecular weight is 717 g/mol. The molecular weight excluding hydrogens is 664 g/mol. The van der Waals surface area contributed by atoms with E-state index in [0.717, 1.165) is 0 Å². The Morgan fingerprint density at radius 3 is 1.52 bits per heavy atom. The molecule has 0 aromatic rings. The van der Waals surface area contributed by atoms with E-state index in [4.69, 9.17) is 11.5 Å². The zero-order valence-corrected chi connectivity index (χ0v) is 28.9. The Bertz CT molecular complexity index is 1230. The van der Waals surface area contributed by atoms with Crippen molar-refractivity contribution in [3.05, 3.63) is 0 Å². The number of carbonyl (C=O) groups excluding carboxylic acids is 6. The van der Waals surface area contributed by atoms with E-state index in [0.29, 0.717) is 19.4 Å². The molecule has 0 fully saturated rings. The molecule has 0 bridgehead atoms. The molecule has 6 amide bonds. The summed E-state index contributed by atoms with van der Waals surface area (Å²) in [5, 5.41) is 42.0. The van der Waals surface area contributed by atoms with Crippen molar-refractivity contribution in [3.63, 3.8) is 0 Å². The SMILES string of the molecule is CC(C)[C@H](NC(=O)CN)C(=O)N[C@@H](CC(=O)O)C(=O)N[C@@H](CCC(=O)O)C(=O)N[C@H](C(=O)N[C@@H](C)C(=O)N[C@@H](CCCCN)C(=O)O)C(C)C. The van der Waals surface area contributed by atoms with Gasteiger partial charge in [-0.3, -0.25) is 38.4 Å². The minimum Gasteiger partial charge on any atom is -0.481 e. The van der Waals surface area contributed by atoms with Crippen LogP contribution in [0.5, 0.6) is 0 Å². The van der Waals surface area contributed by atoms with Crippen LogP contribution in [-0.4, -0.2) is 118 Å². The van der Waals surface area contributed by atoms with E-state index in [1.165, 1.54) is 6.92 Å². The predicted octanol–water partition coefficient (Wildman–Crippen LogP) is -3.26. The first-order valence-electron chi connectivity index (χ1n) is 16.1. The Morgan fingerprint density at radius 1 is 0.540 bits per heavy atom. The van der Waals surface area contributed by atoms with Gasteiger partial charge >= 0.3 is 17.9 Å².